The van der Waals surface area contributed by atoms with Gasteiger partial charge in [-0.1, -0.05) is 56.1 Å². The zero-order chi connectivity index (χ0) is 24.2. The predicted molar refractivity (Wildman–Crippen MR) is 135 cm³/mol. The van der Waals surface area contributed by atoms with Crippen LogP contribution < -0.4 is 5.32 Å². The molecule has 176 valence electrons. The number of hydrogen-bond acceptors (Lipinski definition) is 4. The Hall–Kier alpha value is -2.93. The molecule has 0 radical (unpaired) electrons. The maximum atomic E-state index is 12.7. The second-order valence-electron chi connectivity index (χ2n) is 8.14. The van der Waals surface area contributed by atoms with Crippen LogP contribution in [0.2, 0.25) is 0 Å². The van der Waals surface area contributed by atoms with Gasteiger partial charge < -0.3 is 14.6 Å². The Morgan fingerprint density at radius 3 is 2.30 bits per heavy atom. The lowest BCUT2D eigenvalue weighted by molar-refractivity contribution is -0.117. The van der Waals surface area contributed by atoms with E-state index in [1.54, 1.807) is 48.7 Å². The molecule has 0 bridgehead atoms. The van der Waals surface area contributed by atoms with Crippen molar-refractivity contribution in [2.45, 2.75) is 40.7 Å². The fraction of sp³-hybridized carbons (Fsp3) is 0.346. The van der Waals surface area contributed by atoms with E-state index in [1.165, 1.54) is 17.6 Å². The average Bonchev–Trinajstić information content (AvgIpc) is 3.33. The molecule has 0 fully saturated rings. The number of carbonyl (C=O) groups excluding carboxylic acids is 2. The number of furan rings is 1. The number of nitrogens with zero attached hydrogens (tertiary/aromatic N) is 2. The van der Waals surface area contributed by atoms with Crippen LogP contribution in [0, 0.1) is 11.8 Å². The average molecular weight is 514 g/mol. The van der Waals surface area contributed by atoms with Crippen LogP contribution in [0.1, 0.15) is 50.4 Å². The number of amides is 2. The van der Waals surface area contributed by atoms with Gasteiger partial charge in [0.15, 0.2) is 0 Å². The highest BCUT2D eigenvalue weighted by Gasteiger charge is 2.21. The number of anilines is 1. The predicted octanol–water partition coefficient (Wildman–Crippen LogP) is 6.41. The monoisotopic (exact) mass is 513 g/mol. The zero-order valence-electron chi connectivity index (χ0n) is 19.6. The highest BCUT2D eigenvalue weighted by molar-refractivity contribution is 9.10. The van der Waals surface area contributed by atoms with Crippen LogP contribution in [0.15, 0.2) is 75.9 Å². The number of pyridine rings is 1. The van der Waals surface area contributed by atoms with Crippen LogP contribution in [0.3, 0.4) is 0 Å². The van der Waals surface area contributed by atoms with E-state index in [0.717, 1.165) is 16.3 Å². The van der Waals surface area contributed by atoms with Gasteiger partial charge >= 0.3 is 0 Å². The first-order valence-corrected chi connectivity index (χ1v) is 11.9. The van der Waals surface area contributed by atoms with Gasteiger partial charge in [-0.2, -0.15) is 0 Å². The molecule has 0 aliphatic rings. The summed E-state index contributed by atoms with van der Waals surface area (Å²) in [7, 11) is 0. The minimum absolute atomic E-state index is 0.119. The van der Waals surface area contributed by atoms with Gasteiger partial charge in [0.1, 0.15) is 18.0 Å². The summed E-state index contributed by atoms with van der Waals surface area (Å²) in [6, 6.07) is 15.8. The molecule has 0 aliphatic heterocycles. The Kier molecular flexibility index (Phi) is 10.8. The minimum Gasteiger partial charge on any atom is -0.467 e. The number of nitrogens with one attached hydrogen (secondary N) is 1. The third-order valence-corrected chi connectivity index (χ3v) is 5.87. The standard InChI is InChI=1S/C19H16BrN3O3.C7H16/c20-14-6-8-15(9-7-14)22-18(24)13-23(12-16-4-3-11-26-16)19(25)17-5-1-2-10-21-17;1-5-7(4)6(2)3/h1-11H,12-13H2,(H,22,24);6-7H,5H2,1-4H3. The number of benzene rings is 1. The molecule has 1 unspecified atom stereocenters. The molecule has 0 saturated carbocycles. The summed E-state index contributed by atoms with van der Waals surface area (Å²) in [5, 5.41) is 2.78. The zero-order valence-corrected chi connectivity index (χ0v) is 21.2. The number of hydrogen-bond donors (Lipinski definition) is 1. The maximum absolute atomic E-state index is 12.7. The molecular formula is C26H32BrN3O3. The Morgan fingerprint density at radius 2 is 1.79 bits per heavy atom. The molecule has 0 aliphatic carbocycles. The smallest absolute Gasteiger partial charge is 0.273 e. The molecule has 2 amide bonds. The van der Waals surface area contributed by atoms with Crippen molar-refractivity contribution in [3.63, 3.8) is 0 Å². The Labute approximate surface area is 204 Å². The fourth-order valence-corrected chi connectivity index (χ4v) is 3.08. The second-order valence-corrected chi connectivity index (χ2v) is 9.06. The van der Waals surface area contributed by atoms with Crippen molar-refractivity contribution in [3.05, 3.63) is 83.0 Å². The molecule has 1 N–H and O–H groups in total. The SMILES string of the molecule is CCC(C)C(C)C.O=C(CN(Cc1ccco1)C(=O)c1ccccn1)Nc1ccc(Br)cc1. The summed E-state index contributed by atoms with van der Waals surface area (Å²) < 4.78 is 6.23. The van der Waals surface area contributed by atoms with Crippen molar-refractivity contribution < 1.29 is 14.0 Å². The highest BCUT2D eigenvalue weighted by Crippen LogP contribution is 2.15. The molecule has 3 aromatic rings. The first-order chi connectivity index (χ1) is 15.8. The van der Waals surface area contributed by atoms with E-state index >= 15 is 0 Å². The van der Waals surface area contributed by atoms with Gasteiger partial charge in [-0.3, -0.25) is 14.6 Å². The molecule has 6 nitrogen and oxygen atoms in total. The van der Waals surface area contributed by atoms with E-state index in [1.807, 2.05) is 12.1 Å². The largest absolute Gasteiger partial charge is 0.467 e. The van der Waals surface area contributed by atoms with Crippen molar-refractivity contribution in [2.24, 2.45) is 11.8 Å². The molecule has 3 rings (SSSR count). The van der Waals surface area contributed by atoms with Gasteiger partial charge in [-0.25, -0.2) is 0 Å². The maximum Gasteiger partial charge on any atom is 0.273 e. The van der Waals surface area contributed by atoms with Crippen LogP contribution in [0.25, 0.3) is 0 Å². The number of aromatic nitrogens is 1. The van der Waals surface area contributed by atoms with E-state index in [2.05, 4.69) is 53.9 Å². The summed E-state index contributed by atoms with van der Waals surface area (Å²) in [5.74, 6) is 1.71. The number of rotatable bonds is 8. The van der Waals surface area contributed by atoms with E-state index in [4.69, 9.17) is 4.42 Å². The lowest BCUT2D eigenvalue weighted by Gasteiger charge is -2.21. The molecule has 2 aromatic heterocycles. The Balaban J connectivity index is 0.000000479. The van der Waals surface area contributed by atoms with Gasteiger partial charge in [-0.05, 0) is 60.4 Å². The molecule has 1 aromatic carbocycles. The van der Waals surface area contributed by atoms with E-state index in [9.17, 15) is 9.59 Å². The van der Waals surface area contributed by atoms with Crippen LogP contribution in [-0.2, 0) is 11.3 Å². The summed E-state index contributed by atoms with van der Waals surface area (Å²) in [6.07, 6.45) is 4.39. The van der Waals surface area contributed by atoms with Crippen molar-refractivity contribution in [3.8, 4) is 0 Å². The molecule has 33 heavy (non-hydrogen) atoms. The van der Waals surface area contributed by atoms with Gasteiger partial charge in [0.05, 0.1) is 12.8 Å². The fourth-order valence-electron chi connectivity index (χ4n) is 2.82. The lowest BCUT2D eigenvalue weighted by Crippen LogP contribution is -2.37. The molecule has 7 heteroatoms. The molecule has 0 spiro atoms. The first-order valence-electron chi connectivity index (χ1n) is 11.1. The lowest BCUT2D eigenvalue weighted by atomic mass is 9.96. The van der Waals surface area contributed by atoms with E-state index < -0.39 is 0 Å². The van der Waals surface area contributed by atoms with E-state index in [-0.39, 0.29) is 30.6 Å². The quantitative estimate of drug-likeness (QED) is 0.377. The second kappa shape index (κ2) is 13.6. The Morgan fingerprint density at radius 1 is 1.06 bits per heavy atom. The third kappa shape index (κ3) is 9.22. The van der Waals surface area contributed by atoms with Gasteiger partial charge in [-0.15, -0.1) is 0 Å². The van der Waals surface area contributed by atoms with E-state index in [0.29, 0.717) is 11.4 Å². The summed E-state index contributed by atoms with van der Waals surface area (Å²) >= 11 is 3.35. The third-order valence-electron chi connectivity index (χ3n) is 5.34. The van der Waals surface area contributed by atoms with Crippen molar-refractivity contribution in [2.75, 3.05) is 11.9 Å². The van der Waals surface area contributed by atoms with Crippen molar-refractivity contribution >= 4 is 33.4 Å². The molecule has 0 saturated heterocycles. The van der Waals surface area contributed by atoms with Gasteiger partial charge in [0.25, 0.3) is 5.91 Å². The normalized spacial score (nSPS) is 11.3. The highest BCUT2D eigenvalue weighted by atomic mass is 79.9. The molecule has 2 heterocycles. The minimum atomic E-state index is -0.340. The van der Waals surface area contributed by atoms with Crippen LogP contribution in [0.4, 0.5) is 5.69 Å². The summed E-state index contributed by atoms with van der Waals surface area (Å²) in [5.41, 5.74) is 0.928. The van der Waals surface area contributed by atoms with Crippen LogP contribution in [0.5, 0.6) is 0 Å². The van der Waals surface area contributed by atoms with Gasteiger partial charge in [0, 0.05) is 16.4 Å². The van der Waals surface area contributed by atoms with Crippen molar-refractivity contribution in [1.29, 1.82) is 0 Å². The molecular weight excluding hydrogens is 482 g/mol. The molecule has 1 atom stereocenters. The van der Waals surface area contributed by atoms with Crippen LogP contribution in [-0.4, -0.2) is 28.2 Å². The Bertz CT molecular complexity index is 974. The topological polar surface area (TPSA) is 75.4 Å². The summed E-state index contributed by atoms with van der Waals surface area (Å²) in [4.78, 5) is 30.6. The van der Waals surface area contributed by atoms with Crippen molar-refractivity contribution in [1.82, 2.24) is 9.88 Å². The number of halogens is 1. The summed E-state index contributed by atoms with van der Waals surface area (Å²) in [6.45, 7) is 9.14. The number of carbonyl (C=O) groups is 2. The van der Waals surface area contributed by atoms with Crippen LogP contribution >= 0.6 is 15.9 Å². The van der Waals surface area contributed by atoms with Gasteiger partial charge in [0.2, 0.25) is 5.91 Å². The first kappa shape index (κ1) is 26.3.